The van der Waals surface area contributed by atoms with Gasteiger partial charge in [0.05, 0.1) is 0 Å². The molecule has 2 heterocycles. The van der Waals surface area contributed by atoms with Gasteiger partial charge in [-0.25, -0.2) is 9.18 Å². The lowest BCUT2D eigenvalue weighted by atomic mass is 9.99. The molecular formula is C22H22FN3O. The maximum atomic E-state index is 14.6. The second-order valence-electron chi connectivity index (χ2n) is 6.94. The van der Waals surface area contributed by atoms with E-state index < -0.39 is 6.04 Å². The number of carbonyl (C=O) groups excluding carboxylic acids is 1. The van der Waals surface area contributed by atoms with Crippen LogP contribution in [0.1, 0.15) is 28.4 Å². The van der Waals surface area contributed by atoms with E-state index in [1.54, 1.807) is 17.0 Å². The van der Waals surface area contributed by atoms with E-state index >= 15 is 0 Å². The molecule has 0 bridgehead atoms. The SMILES string of the molecule is Cc1cccc(C)c1NC(=O)N1CCn2cccc2[C@H]1c1ccccc1F. The van der Waals surface area contributed by atoms with E-state index in [2.05, 4.69) is 9.88 Å². The van der Waals surface area contributed by atoms with Crippen LogP contribution in [0.2, 0.25) is 0 Å². The van der Waals surface area contributed by atoms with Gasteiger partial charge in [0.1, 0.15) is 11.9 Å². The standard InChI is InChI=1S/C22H22FN3O/c1-15-7-5-8-16(2)20(15)24-22(27)26-14-13-25-12-6-11-19(25)21(26)17-9-3-4-10-18(17)23/h3-12,21H,13-14H2,1-2H3,(H,24,27)/t21-/m1/s1. The molecule has 27 heavy (non-hydrogen) atoms. The van der Waals surface area contributed by atoms with Crippen LogP contribution < -0.4 is 5.32 Å². The quantitative estimate of drug-likeness (QED) is 0.692. The van der Waals surface area contributed by atoms with Gasteiger partial charge in [0.2, 0.25) is 0 Å². The van der Waals surface area contributed by atoms with Crippen molar-refractivity contribution in [1.29, 1.82) is 0 Å². The minimum atomic E-state index is -0.459. The van der Waals surface area contributed by atoms with Gasteiger partial charge in [-0.2, -0.15) is 0 Å². The van der Waals surface area contributed by atoms with Crippen molar-refractivity contribution < 1.29 is 9.18 Å². The Morgan fingerprint density at radius 2 is 1.74 bits per heavy atom. The molecule has 4 nitrogen and oxygen atoms in total. The van der Waals surface area contributed by atoms with Crippen LogP contribution in [0.15, 0.2) is 60.8 Å². The van der Waals surface area contributed by atoms with Crippen molar-refractivity contribution in [1.82, 2.24) is 9.47 Å². The van der Waals surface area contributed by atoms with Crippen LogP contribution in [0.3, 0.4) is 0 Å². The number of carbonyl (C=O) groups is 1. The lowest BCUT2D eigenvalue weighted by molar-refractivity contribution is 0.180. The predicted molar refractivity (Wildman–Crippen MR) is 104 cm³/mol. The van der Waals surface area contributed by atoms with E-state index in [-0.39, 0.29) is 11.8 Å². The van der Waals surface area contributed by atoms with E-state index in [0.29, 0.717) is 18.7 Å². The molecule has 0 radical (unpaired) electrons. The average Bonchev–Trinajstić information content (AvgIpc) is 3.13. The van der Waals surface area contributed by atoms with Gasteiger partial charge in [0, 0.05) is 36.2 Å². The highest BCUT2D eigenvalue weighted by Crippen LogP contribution is 2.34. The third kappa shape index (κ3) is 3.10. The minimum Gasteiger partial charge on any atom is -0.348 e. The van der Waals surface area contributed by atoms with Crippen molar-refractivity contribution in [3.63, 3.8) is 0 Å². The Kier molecular flexibility index (Phi) is 4.44. The highest BCUT2D eigenvalue weighted by Gasteiger charge is 2.34. The molecule has 0 unspecified atom stereocenters. The van der Waals surface area contributed by atoms with Gasteiger partial charge in [0.25, 0.3) is 0 Å². The van der Waals surface area contributed by atoms with Crippen molar-refractivity contribution in [3.8, 4) is 0 Å². The van der Waals surface area contributed by atoms with Crippen molar-refractivity contribution in [2.45, 2.75) is 26.4 Å². The number of aryl methyl sites for hydroxylation is 2. The van der Waals surface area contributed by atoms with Gasteiger partial charge in [-0.05, 0) is 43.2 Å². The lowest BCUT2D eigenvalue weighted by Crippen LogP contribution is -2.44. The zero-order valence-electron chi connectivity index (χ0n) is 15.4. The van der Waals surface area contributed by atoms with Gasteiger partial charge in [-0.3, -0.25) is 0 Å². The second kappa shape index (κ2) is 6.91. The molecule has 2 aromatic carbocycles. The zero-order chi connectivity index (χ0) is 19.0. The van der Waals surface area contributed by atoms with Gasteiger partial charge in [-0.1, -0.05) is 36.4 Å². The van der Waals surface area contributed by atoms with Crippen LogP contribution in [0, 0.1) is 19.7 Å². The first-order valence-corrected chi connectivity index (χ1v) is 9.09. The number of fused-ring (bicyclic) bond motifs is 1. The maximum Gasteiger partial charge on any atom is 0.322 e. The van der Waals surface area contributed by atoms with Gasteiger partial charge in [-0.15, -0.1) is 0 Å². The first kappa shape index (κ1) is 17.3. The third-order valence-corrected chi connectivity index (χ3v) is 5.21. The average molecular weight is 363 g/mol. The smallest absolute Gasteiger partial charge is 0.322 e. The normalized spacial score (nSPS) is 16.1. The number of anilines is 1. The largest absolute Gasteiger partial charge is 0.348 e. The Hall–Kier alpha value is -3.08. The van der Waals surface area contributed by atoms with E-state index in [1.165, 1.54) is 6.07 Å². The summed E-state index contributed by atoms with van der Waals surface area (Å²) in [6.07, 6.45) is 1.98. The topological polar surface area (TPSA) is 37.3 Å². The Morgan fingerprint density at radius 1 is 1.00 bits per heavy atom. The number of urea groups is 1. The molecule has 1 aliphatic heterocycles. The monoisotopic (exact) mass is 363 g/mol. The second-order valence-corrected chi connectivity index (χ2v) is 6.94. The summed E-state index contributed by atoms with van der Waals surface area (Å²) in [6, 6.07) is 15.8. The van der Waals surface area contributed by atoms with Crippen LogP contribution in [0.4, 0.5) is 14.9 Å². The molecule has 5 heteroatoms. The lowest BCUT2D eigenvalue weighted by Gasteiger charge is -2.37. The highest BCUT2D eigenvalue weighted by molar-refractivity contribution is 5.91. The number of nitrogens with one attached hydrogen (secondary N) is 1. The van der Waals surface area contributed by atoms with E-state index in [9.17, 15) is 9.18 Å². The molecule has 0 fully saturated rings. The third-order valence-electron chi connectivity index (χ3n) is 5.21. The van der Waals surface area contributed by atoms with Crippen LogP contribution in [0.25, 0.3) is 0 Å². The van der Waals surface area contributed by atoms with Crippen molar-refractivity contribution in [2.24, 2.45) is 0 Å². The maximum absolute atomic E-state index is 14.6. The molecule has 0 spiro atoms. The predicted octanol–water partition coefficient (Wildman–Crippen LogP) is 4.88. The molecule has 1 atom stereocenters. The fraction of sp³-hybridized carbons (Fsp3) is 0.227. The molecule has 0 saturated heterocycles. The van der Waals surface area contributed by atoms with E-state index in [0.717, 1.165) is 22.5 Å². The molecule has 0 aliphatic carbocycles. The summed E-state index contributed by atoms with van der Waals surface area (Å²) in [5.74, 6) is -0.304. The van der Waals surface area contributed by atoms with Gasteiger partial charge >= 0.3 is 6.03 Å². The van der Waals surface area contributed by atoms with Crippen LogP contribution in [-0.2, 0) is 6.54 Å². The van der Waals surface area contributed by atoms with Gasteiger partial charge < -0.3 is 14.8 Å². The number of rotatable bonds is 2. The zero-order valence-corrected chi connectivity index (χ0v) is 15.4. The molecule has 1 aromatic heterocycles. The van der Waals surface area contributed by atoms with Gasteiger partial charge in [0.15, 0.2) is 0 Å². The number of nitrogens with zero attached hydrogens (tertiary/aromatic N) is 2. The van der Waals surface area contributed by atoms with Crippen LogP contribution >= 0.6 is 0 Å². The number of hydrogen-bond acceptors (Lipinski definition) is 1. The molecule has 1 aliphatic rings. The summed E-state index contributed by atoms with van der Waals surface area (Å²) < 4.78 is 16.7. The molecule has 138 valence electrons. The fourth-order valence-electron chi connectivity index (χ4n) is 3.82. The molecule has 2 amide bonds. The number of halogens is 1. The van der Waals surface area contributed by atoms with E-state index in [1.807, 2.05) is 56.4 Å². The van der Waals surface area contributed by atoms with E-state index in [4.69, 9.17) is 0 Å². The molecule has 1 N–H and O–H groups in total. The van der Waals surface area contributed by atoms with Crippen molar-refractivity contribution in [3.05, 3.63) is 89.0 Å². The fourth-order valence-corrected chi connectivity index (χ4v) is 3.82. The summed E-state index contributed by atoms with van der Waals surface area (Å²) >= 11 is 0. The highest BCUT2D eigenvalue weighted by atomic mass is 19.1. The first-order chi connectivity index (χ1) is 13.1. The van der Waals surface area contributed by atoms with Crippen molar-refractivity contribution >= 4 is 11.7 Å². The summed E-state index contributed by atoms with van der Waals surface area (Å²) in [5, 5.41) is 3.05. The summed E-state index contributed by atoms with van der Waals surface area (Å²) in [4.78, 5) is 14.9. The Labute approximate surface area is 158 Å². The Morgan fingerprint density at radius 3 is 2.48 bits per heavy atom. The van der Waals surface area contributed by atoms with Crippen LogP contribution in [0.5, 0.6) is 0 Å². The molecule has 0 saturated carbocycles. The first-order valence-electron chi connectivity index (χ1n) is 9.09. The van der Waals surface area contributed by atoms with Crippen LogP contribution in [-0.4, -0.2) is 22.0 Å². The molecule has 3 aromatic rings. The number of hydrogen-bond donors (Lipinski definition) is 1. The number of aromatic nitrogens is 1. The Bertz CT molecular complexity index is 974. The summed E-state index contributed by atoms with van der Waals surface area (Å²) in [6.45, 7) is 5.14. The number of amides is 2. The number of para-hydroxylation sites is 1. The number of benzene rings is 2. The summed E-state index contributed by atoms with van der Waals surface area (Å²) in [7, 11) is 0. The Balaban J connectivity index is 1.73. The summed E-state index contributed by atoms with van der Waals surface area (Å²) in [5.41, 5.74) is 4.25. The minimum absolute atomic E-state index is 0.215. The van der Waals surface area contributed by atoms with Crippen molar-refractivity contribution in [2.75, 3.05) is 11.9 Å². The molecule has 4 rings (SSSR count). The molecular weight excluding hydrogens is 341 g/mol.